The van der Waals surface area contributed by atoms with Crippen LogP contribution in [0.4, 0.5) is 52.0 Å². The van der Waals surface area contributed by atoms with Gasteiger partial charge in [-0.2, -0.15) is 0 Å². The molecule has 1 unspecified atom stereocenters. The Hall–Kier alpha value is -8.08. The second-order valence-corrected chi connectivity index (χ2v) is 25.6. The predicted octanol–water partition coefficient (Wildman–Crippen LogP) is 14.5. The van der Waals surface area contributed by atoms with Gasteiger partial charge in [-0.1, -0.05) is 72.0 Å². The summed E-state index contributed by atoms with van der Waals surface area (Å²) in [4.78, 5) is 48.8. The Morgan fingerprint density at radius 1 is 0.539 bits per heavy atom. The number of hydrogen-bond donors (Lipinski definition) is 6. The Kier molecular flexibility index (Phi) is 19.2. The van der Waals surface area contributed by atoms with Crippen molar-refractivity contribution >= 4 is 127 Å². The maximum atomic E-state index is 6.21. The average Bonchev–Trinajstić information content (AvgIpc) is 2.15. The molecule has 6 aromatic heterocycles. The lowest BCUT2D eigenvalue weighted by Gasteiger charge is -2.30. The fourth-order valence-corrected chi connectivity index (χ4v) is 12.4. The number of rotatable bonds is 11. The van der Waals surface area contributed by atoms with Crippen LogP contribution in [0.5, 0.6) is 0 Å². The zero-order valence-electron chi connectivity index (χ0n) is 51.2. The Morgan fingerprint density at radius 3 is 1.58 bits per heavy atom. The van der Waals surface area contributed by atoms with Crippen molar-refractivity contribution < 1.29 is 0 Å². The number of thiocarbonyl (C=S) groups is 3. The zero-order chi connectivity index (χ0) is 62.6. The molecule has 1 atom stereocenters. The molecule has 4 aliphatic rings. The van der Waals surface area contributed by atoms with Gasteiger partial charge in [0.1, 0.15) is 0 Å². The van der Waals surface area contributed by atoms with Crippen LogP contribution < -0.4 is 31.9 Å². The lowest BCUT2D eigenvalue weighted by Crippen LogP contribution is -2.34. The number of likely N-dealkylation sites (N-methyl/N-ethyl adjacent to an activating group) is 1. The molecule has 454 valence electrons. The zero-order valence-corrected chi connectivity index (χ0v) is 55.1. The quantitative estimate of drug-likeness (QED) is 0.0669. The monoisotopic (exact) mass is 1280 g/mol. The van der Waals surface area contributed by atoms with Gasteiger partial charge in [-0.15, -0.1) is 0 Å². The van der Waals surface area contributed by atoms with E-state index in [4.69, 9.17) is 84.8 Å². The highest BCUT2D eigenvalue weighted by molar-refractivity contribution is 7.81. The number of benzene rings is 3. The first kappa shape index (κ1) is 62.5. The molecule has 9 aromatic rings. The van der Waals surface area contributed by atoms with Crippen molar-refractivity contribution in [2.75, 3.05) is 66.6 Å². The van der Waals surface area contributed by atoms with E-state index in [2.05, 4.69) is 127 Å². The minimum Gasteiger partial charge on any atom is -0.349 e. The fourth-order valence-electron chi connectivity index (χ4n) is 11.2. The summed E-state index contributed by atoms with van der Waals surface area (Å²) in [5.41, 5.74) is 22.8. The van der Waals surface area contributed by atoms with Gasteiger partial charge in [0.15, 0.2) is 0 Å². The number of aromatic nitrogens is 9. The van der Waals surface area contributed by atoms with E-state index in [9.17, 15) is 0 Å². The molecule has 1 aliphatic carbocycles. The van der Waals surface area contributed by atoms with E-state index in [1.54, 1.807) is 6.20 Å². The van der Waals surface area contributed by atoms with Crippen molar-refractivity contribution in [1.29, 1.82) is 0 Å². The van der Waals surface area contributed by atoms with Crippen molar-refractivity contribution in [2.24, 2.45) is 0 Å². The van der Waals surface area contributed by atoms with E-state index in [0.29, 0.717) is 53.2 Å². The van der Waals surface area contributed by atoms with E-state index in [-0.39, 0.29) is 0 Å². The fraction of sp³-hybridized carbons (Fsp3) is 0.284. The molecule has 0 saturated heterocycles. The van der Waals surface area contributed by atoms with Gasteiger partial charge in [-0.3, -0.25) is 15.0 Å². The molecule has 3 aliphatic heterocycles. The third kappa shape index (κ3) is 15.0. The summed E-state index contributed by atoms with van der Waals surface area (Å²) in [6.07, 6.45) is 14.4. The van der Waals surface area contributed by atoms with Crippen molar-refractivity contribution in [3.63, 3.8) is 0 Å². The van der Waals surface area contributed by atoms with Gasteiger partial charge in [0.05, 0.1) is 66.2 Å². The van der Waals surface area contributed by atoms with Gasteiger partial charge in [0, 0.05) is 122 Å². The van der Waals surface area contributed by atoms with Crippen molar-refractivity contribution in [1.82, 2.24) is 54.7 Å². The summed E-state index contributed by atoms with van der Waals surface area (Å²) in [6, 6.07) is 26.5. The summed E-state index contributed by atoms with van der Waals surface area (Å²) in [5, 5.41) is 21.2. The van der Waals surface area contributed by atoms with E-state index in [1.807, 2.05) is 94.8 Å². The lowest BCUT2D eigenvalue weighted by atomic mass is 9.90. The smallest absolute Gasteiger partial charge is 0.227 e. The molecule has 0 radical (unpaired) electrons. The first-order valence-electron chi connectivity index (χ1n) is 29.5. The number of nitrogens with zero attached hydrogens (tertiary/aromatic N) is 11. The van der Waals surface area contributed by atoms with Crippen LogP contribution in [0, 0.1) is 34.6 Å². The molecule has 3 aromatic carbocycles. The van der Waals surface area contributed by atoms with Gasteiger partial charge in [-0.05, 0) is 185 Å². The van der Waals surface area contributed by atoms with E-state index >= 15 is 0 Å². The van der Waals surface area contributed by atoms with Crippen LogP contribution in [0.25, 0.3) is 33.8 Å². The SMILES string of the molecule is Cc1ccc2c(c1)NC(=S)Cc1cnc(Nc3c(C)ccnc3C)nc1-2.Cc1nc(CCCN(C)C)ccc1Nc1ncc2c(n1)-c1ccc(Cl)cc1NC(=S)C2.Cc1nc2c(cc1Nc1ncc3c(n1)-c1ccc(Cl)cc1NC(=S)C3)CC(N(C)C)CC2. The van der Waals surface area contributed by atoms with Crippen LogP contribution in [0.1, 0.15) is 74.7 Å². The summed E-state index contributed by atoms with van der Waals surface area (Å²) < 4.78 is 0. The molecule has 13 rings (SSSR count). The maximum absolute atomic E-state index is 6.21. The topological polar surface area (TPSA) is 195 Å². The van der Waals surface area contributed by atoms with E-state index in [0.717, 1.165) is 167 Å². The largest absolute Gasteiger partial charge is 0.349 e. The van der Waals surface area contributed by atoms with Crippen LogP contribution in [-0.4, -0.2) is 110 Å². The summed E-state index contributed by atoms with van der Waals surface area (Å²) in [7, 11) is 8.46. The molecule has 0 bridgehead atoms. The van der Waals surface area contributed by atoms with Crippen LogP contribution in [0.15, 0.2) is 104 Å². The molecular formula is C67H69Cl2N17S3. The standard InChI is InChI=1S/C24H25ClN6S.C23H25ClN6S.C20H19N5S/c1-13-20(9-14-8-17(31(2)3)5-7-19(14)27-13)29-24-26-12-15-10-22(32)28-21-11-16(25)4-6-18(21)23(15)30-24;1-14-19(9-7-17(26-14)5-4-10-30(2)3)28-23-25-13-15-11-21(31)27-20-12-16(24)6-8-18(20)22(15)29-23;1-11-4-5-15-16(8-11)23-17(26)9-14-10-22-20(25-19(14)15)24-18-12(2)6-7-21-13(18)3/h4,6,9,11-12,17H,5,7-8,10H2,1-3H3,(H,28,32)(H,26,29,30);6-9,12-13H,4-5,10-11H2,1-3H3,(H,27,31)(H,25,28,29);4-8,10H,9H2,1-3H3,(H,23,26)(H,22,24,25). The summed E-state index contributed by atoms with van der Waals surface area (Å²) in [5.74, 6) is 1.63. The second kappa shape index (κ2) is 27.3. The van der Waals surface area contributed by atoms with Crippen LogP contribution >= 0.6 is 59.9 Å². The summed E-state index contributed by atoms with van der Waals surface area (Å²) in [6.45, 7) is 11.2. The van der Waals surface area contributed by atoms with E-state index in [1.165, 1.54) is 16.8 Å². The molecule has 0 spiro atoms. The van der Waals surface area contributed by atoms with Gasteiger partial charge < -0.3 is 41.7 Å². The molecule has 6 N–H and O–H groups in total. The number of nitrogens with one attached hydrogen (secondary N) is 6. The summed E-state index contributed by atoms with van der Waals surface area (Å²) >= 11 is 28.8. The Bertz CT molecular complexity index is 4210. The normalized spacial score (nSPS) is 14.3. The highest BCUT2D eigenvalue weighted by atomic mass is 35.5. The predicted molar refractivity (Wildman–Crippen MR) is 375 cm³/mol. The number of hydrogen-bond acceptors (Lipinski definition) is 17. The van der Waals surface area contributed by atoms with E-state index < -0.39 is 0 Å². The minimum atomic E-state index is 0.526. The molecule has 9 heterocycles. The minimum absolute atomic E-state index is 0.526. The number of pyridine rings is 3. The average molecular weight is 1280 g/mol. The molecule has 17 nitrogen and oxygen atoms in total. The molecule has 0 saturated carbocycles. The highest BCUT2D eigenvalue weighted by Gasteiger charge is 2.26. The lowest BCUT2D eigenvalue weighted by molar-refractivity contribution is 0.266. The number of anilines is 9. The number of aryl methyl sites for hydroxylation is 7. The molecule has 0 amide bonds. The first-order chi connectivity index (χ1) is 42.8. The third-order valence-corrected chi connectivity index (χ3v) is 17.1. The maximum Gasteiger partial charge on any atom is 0.227 e. The second-order valence-electron chi connectivity index (χ2n) is 23.2. The van der Waals surface area contributed by atoms with Gasteiger partial charge in [-0.25, -0.2) is 29.9 Å². The van der Waals surface area contributed by atoms with Gasteiger partial charge >= 0.3 is 0 Å². The first-order valence-corrected chi connectivity index (χ1v) is 31.4. The molecule has 22 heteroatoms. The van der Waals surface area contributed by atoms with Crippen molar-refractivity contribution in [3.8, 4) is 33.8 Å². The number of fused-ring (bicyclic) bond motifs is 10. The highest BCUT2D eigenvalue weighted by Crippen LogP contribution is 2.39. The Labute approximate surface area is 545 Å². The number of halogens is 2. The van der Waals surface area contributed by atoms with Gasteiger partial charge in [0.2, 0.25) is 17.8 Å². The Balaban J connectivity index is 0.000000138. The van der Waals surface area contributed by atoms with Crippen molar-refractivity contribution in [2.45, 2.75) is 92.0 Å². The van der Waals surface area contributed by atoms with Crippen LogP contribution in [0.2, 0.25) is 10.0 Å². The van der Waals surface area contributed by atoms with Crippen LogP contribution in [0.3, 0.4) is 0 Å². The van der Waals surface area contributed by atoms with Crippen LogP contribution in [-0.2, 0) is 38.5 Å². The molecule has 0 fully saturated rings. The molecule has 89 heavy (non-hydrogen) atoms. The third-order valence-electron chi connectivity index (χ3n) is 15.9. The van der Waals surface area contributed by atoms with Gasteiger partial charge in [0.25, 0.3) is 0 Å². The molecular weight excluding hydrogens is 1210 g/mol. The Morgan fingerprint density at radius 2 is 1.06 bits per heavy atom. The van der Waals surface area contributed by atoms with Crippen molar-refractivity contribution in [3.05, 3.63) is 176 Å².